The van der Waals surface area contributed by atoms with Crippen LogP contribution < -0.4 is 5.73 Å². The van der Waals surface area contributed by atoms with E-state index in [0.29, 0.717) is 19.8 Å². The number of nitrogens with one attached hydrogen (secondary N) is 1. The number of ether oxygens (including phenoxy) is 2. The molecule has 1 aromatic heterocycles. The standard InChI is InChI=1S/C11H17N3O2/c12-7-2-1-3-8-10(7)14-11(13-8)9-6-15-4-5-16-9/h7,9H,1-6,12H2,(H,13,14). The first kappa shape index (κ1) is 10.3. The van der Waals surface area contributed by atoms with Crippen LogP contribution in [-0.4, -0.2) is 29.8 Å². The van der Waals surface area contributed by atoms with Crippen LogP contribution in [0.1, 0.15) is 42.2 Å². The highest BCUT2D eigenvalue weighted by Crippen LogP contribution is 2.28. The number of aromatic amines is 1. The Balaban J connectivity index is 1.85. The zero-order chi connectivity index (χ0) is 11.0. The van der Waals surface area contributed by atoms with Crippen LogP contribution in [0.25, 0.3) is 0 Å². The lowest BCUT2D eigenvalue weighted by molar-refractivity contribution is -0.0933. The quantitative estimate of drug-likeness (QED) is 0.739. The van der Waals surface area contributed by atoms with Crippen molar-refractivity contribution in [2.45, 2.75) is 31.4 Å². The molecule has 16 heavy (non-hydrogen) atoms. The normalized spacial score (nSPS) is 30.1. The minimum Gasteiger partial charge on any atom is -0.376 e. The summed E-state index contributed by atoms with van der Waals surface area (Å²) >= 11 is 0. The second kappa shape index (κ2) is 4.16. The molecule has 1 saturated heterocycles. The van der Waals surface area contributed by atoms with Gasteiger partial charge in [0.05, 0.1) is 25.5 Å². The number of aryl methyl sites for hydroxylation is 1. The van der Waals surface area contributed by atoms with Gasteiger partial charge in [-0.2, -0.15) is 0 Å². The summed E-state index contributed by atoms with van der Waals surface area (Å²) in [6.07, 6.45) is 3.16. The maximum absolute atomic E-state index is 6.03. The van der Waals surface area contributed by atoms with E-state index in [1.807, 2.05) is 0 Å². The average molecular weight is 223 g/mol. The van der Waals surface area contributed by atoms with Crippen molar-refractivity contribution in [3.8, 4) is 0 Å². The minimum absolute atomic E-state index is 0.0495. The van der Waals surface area contributed by atoms with E-state index in [9.17, 15) is 0 Å². The predicted molar refractivity (Wildman–Crippen MR) is 58.0 cm³/mol. The average Bonchev–Trinajstić information content (AvgIpc) is 2.76. The van der Waals surface area contributed by atoms with Gasteiger partial charge in [0.25, 0.3) is 0 Å². The second-order valence-electron chi connectivity index (χ2n) is 4.42. The number of hydrogen-bond donors (Lipinski definition) is 2. The van der Waals surface area contributed by atoms with Gasteiger partial charge in [-0.05, 0) is 19.3 Å². The van der Waals surface area contributed by atoms with E-state index in [4.69, 9.17) is 15.2 Å². The number of fused-ring (bicyclic) bond motifs is 1. The molecule has 1 aliphatic heterocycles. The smallest absolute Gasteiger partial charge is 0.138 e. The van der Waals surface area contributed by atoms with Crippen LogP contribution in [0.3, 0.4) is 0 Å². The molecular formula is C11H17N3O2. The number of aromatic nitrogens is 2. The molecule has 0 bridgehead atoms. The van der Waals surface area contributed by atoms with Crippen LogP contribution >= 0.6 is 0 Å². The molecule has 88 valence electrons. The fourth-order valence-electron chi connectivity index (χ4n) is 2.37. The molecule has 5 heteroatoms. The summed E-state index contributed by atoms with van der Waals surface area (Å²) in [5.41, 5.74) is 8.24. The van der Waals surface area contributed by atoms with Crippen molar-refractivity contribution in [3.63, 3.8) is 0 Å². The zero-order valence-corrected chi connectivity index (χ0v) is 9.24. The maximum Gasteiger partial charge on any atom is 0.138 e. The fraction of sp³-hybridized carbons (Fsp3) is 0.727. The SMILES string of the molecule is NC1CCCc2[nH]c(C3COCCO3)nc21. The summed E-state index contributed by atoms with van der Waals surface area (Å²) in [5.74, 6) is 0.877. The Morgan fingerprint density at radius 3 is 3.06 bits per heavy atom. The van der Waals surface area contributed by atoms with Crippen molar-refractivity contribution in [2.24, 2.45) is 5.73 Å². The van der Waals surface area contributed by atoms with E-state index in [2.05, 4.69) is 9.97 Å². The molecule has 3 N–H and O–H groups in total. The summed E-state index contributed by atoms with van der Waals surface area (Å²) < 4.78 is 11.0. The van der Waals surface area contributed by atoms with Gasteiger partial charge in [0.2, 0.25) is 0 Å². The van der Waals surface area contributed by atoms with Gasteiger partial charge in [0.15, 0.2) is 0 Å². The van der Waals surface area contributed by atoms with Crippen molar-refractivity contribution >= 4 is 0 Å². The molecule has 2 unspecified atom stereocenters. The molecule has 1 aliphatic carbocycles. The predicted octanol–water partition coefficient (Wildman–Crippen LogP) is 0.834. The number of nitrogens with two attached hydrogens (primary N) is 1. The summed E-state index contributed by atoms with van der Waals surface area (Å²) in [7, 11) is 0. The van der Waals surface area contributed by atoms with E-state index in [-0.39, 0.29) is 12.1 Å². The molecule has 0 amide bonds. The zero-order valence-electron chi connectivity index (χ0n) is 9.24. The molecule has 0 radical (unpaired) electrons. The molecule has 0 aromatic carbocycles. The third-order valence-corrected chi connectivity index (χ3v) is 3.24. The van der Waals surface area contributed by atoms with Gasteiger partial charge >= 0.3 is 0 Å². The van der Waals surface area contributed by atoms with Gasteiger partial charge < -0.3 is 20.2 Å². The van der Waals surface area contributed by atoms with Crippen LogP contribution in [0, 0.1) is 0 Å². The van der Waals surface area contributed by atoms with Crippen molar-refractivity contribution in [1.82, 2.24) is 9.97 Å². The van der Waals surface area contributed by atoms with Crippen LogP contribution in [0.5, 0.6) is 0 Å². The fourth-order valence-corrected chi connectivity index (χ4v) is 2.37. The molecule has 2 atom stereocenters. The number of nitrogens with zero attached hydrogens (tertiary/aromatic N) is 1. The molecule has 2 heterocycles. The molecule has 5 nitrogen and oxygen atoms in total. The summed E-state index contributed by atoms with van der Waals surface area (Å²) in [5, 5.41) is 0. The Morgan fingerprint density at radius 2 is 2.31 bits per heavy atom. The van der Waals surface area contributed by atoms with Crippen LogP contribution in [0.4, 0.5) is 0 Å². The monoisotopic (exact) mass is 223 g/mol. The molecule has 1 fully saturated rings. The topological polar surface area (TPSA) is 73.2 Å². The van der Waals surface area contributed by atoms with Gasteiger partial charge in [0, 0.05) is 11.7 Å². The van der Waals surface area contributed by atoms with Crippen molar-refractivity contribution in [3.05, 3.63) is 17.2 Å². The highest BCUT2D eigenvalue weighted by molar-refractivity contribution is 5.22. The summed E-state index contributed by atoms with van der Waals surface area (Å²) in [4.78, 5) is 7.91. The van der Waals surface area contributed by atoms with Crippen LogP contribution in [-0.2, 0) is 15.9 Å². The number of rotatable bonds is 1. The van der Waals surface area contributed by atoms with Gasteiger partial charge in [-0.3, -0.25) is 0 Å². The minimum atomic E-state index is -0.0495. The Morgan fingerprint density at radius 1 is 1.38 bits per heavy atom. The van der Waals surface area contributed by atoms with Gasteiger partial charge in [-0.25, -0.2) is 4.98 Å². The van der Waals surface area contributed by atoms with Crippen LogP contribution in [0.15, 0.2) is 0 Å². The van der Waals surface area contributed by atoms with Crippen molar-refractivity contribution in [2.75, 3.05) is 19.8 Å². The van der Waals surface area contributed by atoms with Gasteiger partial charge in [-0.1, -0.05) is 0 Å². The molecular weight excluding hydrogens is 206 g/mol. The summed E-state index contributed by atoms with van der Waals surface area (Å²) in [6.45, 7) is 1.90. The van der Waals surface area contributed by atoms with Gasteiger partial charge in [0.1, 0.15) is 11.9 Å². The highest BCUT2D eigenvalue weighted by atomic mass is 16.6. The lowest BCUT2D eigenvalue weighted by atomic mass is 9.97. The number of H-pyrrole nitrogens is 1. The third kappa shape index (κ3) is 1.75. The van der Waals surface area contributed by atoms with Gasteiger partial charge in [-0.15, -0.1) is 0 Å². The number of imidazole rings is 1. The summed E-state index contributed by atoms with van der Waals surface area (Å²) in [6, 6.07) is 0.0817. The Kier molecular flexibility index (Phi) is 2.67. The van der Waals surface area contributed by atoms with E-state index >= 15 is 0 Å². The molecule has 1 aromatic rings. The lowest BCUT2D eigenvalue weighted by Gasteiger charge is -2.20. The van der Waals surface area contributed by atoms with Crippen molar-refractivity contribution in [1.29, 1.82) is 0 Å². The van der Waals surface area contributed by atoms with Crippen molar-refractivity contribution < 1.29 is 9.47 Å². The van der Waals surface area contributed by atoms with E-state index in [0.717, 1.165) is 30.8 Å². The third-order valence-electron chi connectivity index (χ3n) is 3.24. The first-order chi connectivity index (χ1) is 7.84. The first-order valence-corrected chi connectivity index (χ1v) is 5.88. The first-order valence-electron chi connectivity index (χ1n) is 5.88. The Hall–Kier alpha value is -0.910. The van der Waals surface area contributed by atoms with E-state index in [1.165, 1.54) is 5.69 Å². The maximum atomic E-state index is 6.03. The van der Waals surface area contributed by atoms with Crippen LogP contribution in [0.2, 0.25) is 0 Å². The molecule has 3 rings (SSSR count). The van der Waals surface area contributed by atoms with E-state index in [1.54, 1.807) is 0 Å². The Bertz CT molecular complexity index is 371. The molecule has 0 spiro atoms. The number of hydrogen-bond acceptors (Lipinski definition) is 4. The highest BCUT2D eigenvalue weighted by Gasteiger charge is 2.26. The molecule has 2 aliphatic rings. The largest absolute Gasteiger partial charge is 0.376 e. The molecule has 0 saturated carbocycles. The lowest BCUT2D eigenvalue weighted by Crippen LogP contribution is -2.23. The van der Waals surface area contributed by atoms with E-state index < -0.39 is 0 Å². The second-order valence-corrected chi connectivity index (χ2v) is 4.42. The Labute approximate surface area is 94.3 Å².